The molecule has 0 saturated heterocycles. The Morgan fingerprint density at radius 1 is 1.14 bits per heavy atom. The lowest BCUT2D eigenvalue weighted by atomic mass is 9.93. The zero-order chi connectivity index (χ0) is 24.5. The summed E-state index contributed by atoms with van der Waals surface area (Å²) in [7, 11) is 0. The van der Waals surface area contributed by atoms with Gasteiger partial charge < -0.3 is 9.88 Å². The van der Waals surface area contributed by atoms with E-state index in [9.17, 15) is 9.18 Å². The van der Waals surface area contributed by atoms with Gasteiger partial charge in [-0.25, -0.2) is 9.38 Å². The normalized spacial score (nSPS) is 16.6. The molecule has 2 aliphatic rings. The predicted octanol–water partition coefficient (Wildman–Crippen LogP) is 7.64. The second-order valence-corrected chi connectivity index (χ2v) is 11.2. The summed E-state index contributed by atoms with van der Waals surface area (Å²) in [6.45, 7) is 4.02. The van der Waals surface area contributed by atoms with E-state index in [2.05, 4.69) is 11.4 Å². The number of nitrogens with one attached hydrogen (secondary N) is 1. The summed E-state index contributed by atoms with van der Waals surface area (Å²) in [5, 5.41) is 4.22. The van der Waals surface area contributed by atoms with Crippen molar-refractivity contribution < 1.29 is 9.18 Å². The first-order valence-electron chi connectivity index (χ1n) is 12.6. The summed E-state index contributed by atoms with van der Waals surface area (Å²) < 4.78 is 15.7. The van der Waals surface area contributed by atoms with Crippen LogP contribution in [0.2, 0.25) is 5.02 Å². The Kier molecular flexibility index (Phi) is 7.12. The quantitative estimate of drug-likeness (QED) is 0.351. The van der Waals surface area contributed by atoms with E-state index in [-0.39, 0.29) is 17.0 Å². The Hall–Kier alpha value is -2.44. The van der Waals surface area contributed by atoms with Crippen molar-refractivity contribution in [3.63, 3.8) is 0 Å². The highest BCUT2D eigenvalue weighted by atomic mass is 35.5. The maximum absolute atomic E-state index is 13.7. The van der Waals surface area contributed by atoms with Gasteiger partial charge in [0.05, 0.1) is 10.6 Å². The van der Waals surface area contributed by atoms with Gasteiger partial charge in [0.1, 0.15) is 10.8 Å². The van der Waals surface area contributed by atoms with Gasteiger partial charge in [-0.1, -0.05) is 30.9 Å². The third-order valence-electron chi connectivity index (χ3n) is 7.27. The third kappa shape index (κ3) is 4.96. The van der Waals surface area contributed by atoms with Crippen LogP contribution in [0.5, 0.6) is 0 Å². The molecule has 2 aromatic heterocycles. The van der Waals surface area contributed by atoms with Crippen molar-refractivity contribution in [2.24, 2.45) is 4.99 Å². The van der Waals surface area contributed by atoms with Gasteiger partial charge in [0, 0.05) is 39.8 Å². The van der Waals surface area contributed by atoms with Crippen LogP contribution >= 0.6 is 22.9 Å². The minimum Gasteiger partial charge on any atom is -0.349 e. The van der Waals surface area contributed by atoms with E-state index in [0.717, 1.165) is 65.3 Å². The van der Waals surface area contributed by atoms with Crippen LogP contribution in [-0.2, 0) is 12.8 Å². The average molecular weight is 512 g/mol. The molecule has 1 amide bonds. The van der Waals surface area contributed by atoms with Gasteiger partial charge in [0.2, 0.25) is 0 Å². The molecule has 5 rings (SSSR count). The van der Waals surface area contributed by atoms with Crippen LogP contribution in [-0.4, -0.2) is 22.7 Å². The molecule has 1 fully saturated rings. The lowest BCUT2D eigenvalue weighted by Gasteiger charge is -2.23. The van der Waals surface area contributed by atoms with Crippen molar-refractivity contribution in [1.82, 2.24) is 9.88 Å². The Morgan fingerprint density at radius 3 is 2.69 bits per heavy atom. The molecule has 0 spiro atoms. The molecule has 1 saturated carbocycles. The molecule has 35 heavy (non-hydrogen) atoms. The van der Waals surface area contributed by atoms with Gasteiger partial charge in [-0.3, -0.25) is 4.79 Å². The second kappa shape index (κ2) is 10.3. The average Bonchev–Trinajstić information content (AvgIpc) is 3.36. The van der Waals surface area contributed by atoms with E-state index in [0.29, 0.717) is 0 Å². The molecule has 0 atom stereocenters. The number of amides is 1. The number of carbonyl (C=O) groups is 1. The fraction of sp³-hybridized carbons (Fsp3) is 0.429. The van der Waals surface area contributed by atoms with Crippen molar-refractivity contribution >= 4 is 40.1 Å². The molecule has 0 unspecified atom stereocenters. The summed E-state index contributed by atoms with van der Waals surface area (Å²) in [6.07, 6.45) is 11.9. The van der Waals surface area contributed by atoms with E-state index in [1.54, 1.807) is 23.5 Å². The van der Waals surface area contributed by atoms with Crippen molar-refractivity contribution in [2.75, 3.05) is 0 Å². The summed E-state index contributed by atoms with van der Waals surface area (Å²) in [5.74, 6) is -0.393. The Labute approximate surface area is 215 Å². The van der Waals surface area contributed by atoms with Crippen molar-refractivity contribution in [2.45, 2.75) is 77.7 Å². The van der Waals surface area contributed by atoms with Crippen LogP contribution in [0.25, 0.3) is 5.69 Å². The number of hydrogen-bond acceptors (Lipinski definition) is 3. The maximum Gasteiger partial charge on any atom is 0.254 e. The van der Waals surface area contributed by atoms with E-state index in [4.69, 9.17) is 16.6 Å². The molecule has 3 aromatic rings. The number of carbonyl (C=O) groups excluding carboxylic acids is 1. The molecular weight excluding hydrogens is 481 g/mol. The predicted molar refractivity (Wildman–Crippen MR) is 143 cm³/mol. The van der Waals surface area contributed by atoms with E-state index < -0.39 is 5.82 Å². The van der Waals surface area contributed by atoms with Gasteiger partial charge in [-0.2, -0.15) is 0 Å². The first kappa shape index (κ1) is 24.3. The van der Waals surface area contributed by atoms with Crippen molar-refractivity contribution in [3.05, 3.63) is 68.1 Å². The highest BCUT2D eigenvalue weighted by Gasteiger charge is 2.27. The lowest BCUT2D eigenvalue weighted by Crippen LogP contribution is -2.36. The Balaban J connectivity index is 1.46. The number of halogens is 2. The maximum atomic E-state index is 13.7. The monoisotopic (exact) mass is 511 g/mol. The number of benzene rings is 1. The summed E-state index contributed by atoms with van der Waals surface area (Å²) in [5.41, 5.74) is 5.76. The molecule has 1 aromatic carbocycles. The number of nitrogens with zero attached hydrogens (tertiary/aromatic N) is 2. The van der Waals surface area contributed by atoms with Crippen LogP contribution in [0, 0.1) is 19.7 Å². The van der Waals surface area contributed by atoms with Gasteiger partial charge >= 0.3 is 0 Å². The standard InChI is InChI=1S/C28H31ClFN3OS/c1-17-14-19(18(2)33(17)21-12-13-24(30)23(29)15-21)16-31-28-26(22-10-6-7-11-25(22)35-28)27(34)32-20-8-4-3-5-9-20/h12-16,20H,3-11H2,1-2H3,(H,32,34)/b31-16+. The third-order valence-corrected chi connectivity index (χ3v) is 8.76. The molecular formula is C28H31ClFN3OS. The highest BCUT2D eigenvalue weighted by Crippen LogP contribution is 2.40. The topological polar surface area (TPSA) is 46.4 Å². The van der Waals surface area contributed by atoms with Crippen LogP contribution in [0.3, 0.4) is 0 Å². The largest absolute Gasteiger partial charge is 0.349 e. The molecule has 2 aliphatic carbocycles. The fourth-order valence-corrected chi connectivity index (χ4v) is 6.85. The fourth-order valence-electron chi connectivity index (χ4n) is 5.45. The van der Waals surface area contributed by atoms with Crippen molar-refractivity contribution in [3.8, 4) is 5.69 Å². The van der Waals surface area contributed by atoms with Gasteiger partial charge in [0.15, 0.2) is 0 Å². The molecule has 7 heteroatoms. The Morgan fingerprint density at radius 2 is 1.91 bits per heavy atom. The molecule has 184 valence electrons. The number of aryl methyl sites for hydroxylation is 2. The Bertz CT molecular complexity index is 1290. The summed E-state index contributed by atoms with van der Waals surface area (Å²) in [6, 6.07) is 7.08. The molecule has 0 aliphatic heterocycles. The molecule has 4 nitrogen and oxygen atoms in total. The van der Waals surface area contributed by atoms with Gasteiger partial charge in [-0.15, -0.1) is 11.3 Å². The van der Waals surface area contributed by atoms with Crippen molar-refractivity contribution in [1.29, 1.82) is 0 Å². The van der Waals surface area contributed by atoms with E-state index in [1.807, 2.05) is 24.6 Å². The molecule has 2 heterocycles. The first-order chi connectivity index (χ1) is 16.9. The number of aliphatic imine (C=N–C) groups is 1. The zero-order valence-corrected chi connectivity index (χ0v) is 21.9. The van der Waals surface area contributed by atoms with Gasteiger partial charge in [0.25, 0.3) is 5.91 Å². The number of hydrogen-bond donors (Lipinski definition) is 1. The van der Waals surface area contributed by atoms with E-state index in [1.165, 1.54) is 42.2 Å². The number of rotatable bonds is 5. The molecule has 1 N–H and O–H groups in total. The second-order valence-electron chi connectivity index (χ2n) is 9.72. The van der Waals surface area contributed by atoms with E-state index >= 15 is 0 Å². The smallest absolute Gasteiger partial charge is 0.254 e. The molecule has 0 bridgehead atoms. The minimum absolute atomic E-state index is 0.0369. The lowest BCUT2D eigenvalue weighted by molar-refractivity contribution is 0.0927. The van der Waals surface area contributed by atoms with Crippen LogP contribution in [0.15, 0.2) is 29.3 Å². The van der Waals surface area contributed by atoms with Gasteiger partial charge in [-0.05, 0) is 82.2 Å². The molecule has 0 radical (unpaired) electrons. The first-order valence-corrected chi connectivity index (χ1v) is 13.8. The minimum atomic E-state index is -0.430. The zero-order valence-electron chi connectivity index (χ0n) is 20.3. The number of fused-ring (bicyclic) bond motifs is 1. The SMILES string of the molecule is Cc1cc(/C=N/c2sc3c(c2C(=O)NC2CCCCC2)CCCC3)c(C)n1-c1ccc(F)c(Cl)c1. The summed E-state index contributed by atoms with van der Waals surface area (Å²) in [4.78, 5) is 19.6. The summed E-state index contributed by atoms with van der Waals surface area (Å²) >= 11 is 7.70. The van der Waals surface area contributed by atoms with Crippen LogP contribution < -0.4 is 5.32 Å². The van der Waals surface area contributed by atoms with Crippen LogP contribution in [0.1, 0.15) is 82.7 Å². The highest BCUT2D eigenvalue weighted by molar-refractivity contribution is 7.16. The van der Waals surface area contributed by atoms with Crippen LogP contribution in [0.4, 0.5) is 9.39 Å². The number of aromatic nitrogens is 1. The number of thiophene rings is 1.